The van der Waals surface area contributed by atoms with Gasteiger partial charge in [0, 0.05) is 31.7 Å². The van der Waals surface area contributed by atoms with E-state index >= 15 is 0 Å². The van der Waals surface area contributed by atoms with Gasteiger partial charge in [0.2, 0.25) is 0 Å². The third kappa shape index (κ3) is 2.50. The van der Waals surface area contributed by atoms with Crippen molar-refractivity contribution in [2.75, 3.05) is 6.54 Å². The van der Waals surface area contributed by atoms with E-state index < -0.39 is 0 Å². The number of hydrogen-bond donors (Lipinski definition) is 1. The standard InChI is InChI=1S/C12H21N5/c1-9-5-10(7-17(9)11-3-4-11)13-6-12-14-8-16(2)15-12/h8-11,13H,3-7H2,1-2H3. The molecule has 2 fully saturated rings. The largest absolute Gasteiger partial charge is 0.306 e. The molecule has 5 nitrogen and oxygen atoms in total. The molecule has 1 saturated carbocycles. The lowest BCUT2D eigenvalue weighted by Gasteiger charge is -2.19. The lowest BCUT2D eigenvalue weighted by atomic mass is 10.2. The average Bonchev–Trinajstić information content (AvgIpc) is 2.95. The summed E-state index contributed by atoms with van der Waals surface area (Å²) in [6.07, 6.45) is 5.81. The summed E-state index contributed by atoms with van der Waals surface area (Å²) in [6, 6.07) is 2.22. The molecule has 2 heterocycles. The monoisotopic (exact) mass is 235 g/mol. The highest BCUT2D eigenvalue weighted by molar-refractivity contribution is 4.96. The lowest BCUT2D eigenvalue weighted by Crippen LogP contribution is -2.34. The third-order valence-corrected chi connectivity index (χ3v) is 3.83. The molecule has 5 heteroatoms. The van der Waals surface area contributed by atoms with Gasteiger partial charge in [-0.15, -0.1) is 0 Å². The number of nitrogens with zero attached hydrogens (tertiary/aromatic N) is 4. The van der Waals surface area contributed by atoms with Crippen LogP contribution in [0.3, 0.4) is 0 Å². The maximum Gasteiger partial charge on any atom is 0.164 e. The van der Waals surface area contributed by atoms with Crippen LogP contribution in [-0.2, 0) is 13.6 Å². The van der Waals surface area contributed by atoms with Crippen LogP contribution in [-0.4, -0.2) is 44.3 Å². The van der Waals surface area contributed by atoms with E-state index in [1.807, 2.05) is 7.05 Å². The molecular weight excluding hydrogens is 214 g/mol. The van der Waals surface area contributed by atoms with Crippen molar-refractivity contribution in [2.24, 2.45) is 7.05 Å². The van der Waals surface area contributed by atoms with E-state index in [0.717, 1.165) is 24.5 Å². The molecule has 0 aromatic carbocycles. The fraction of sp³-hybridized carbons (Fsp3) is 0.833. The van der Waals surface area contributed by atoms with Crippen molar-refractivity contribution in [1.82, 2.24) is 25.0 Å². The molecule has 2 aliphatic rings. The summed E-state index contributed by atoms with van der Waals surface area (Å²) in [5.41, 5.74) is 0. The predicted octanol–water partition coefficient (Wildman–Crippen LogP) is 0.530. The van der Waals surface area contributed by atoms with Crippen LogP contribution in [0.25, 0.3) is 0 Å². The fourth-order valence-corrected chi connectivity index (χ4v) is 2.82. The molecule has 0 amide bonds. The Morgan fingerprint density at radius 1 is 1.47 bits per heavy atom. The molecule has 1 aromatic rings. The molecule has 94 valence electrons. The van der Waals surface area contributed by atoms with E-state index in [9.17, 15) is 0 Å². The number of aryl methyl sites for hydroxylation is 1. The Morgan fingerprint density at radius 2 is 2.29 bits per heavy atom. The molecule has 17 heavy (non-hydrogen) atoms. The normalized spacial score (nSPS) is 30.0. The molecule has 0 radical (unpaired) electrons. The molecule has 1 aliphatic carbocycles. The van der Waals surface area contributed by atoms with Crippen molar-refractivity contribution < 1.29 is 0 Å². The van der Waals surface area contributed by atoms with Gasteiger partial charge in [-0.05, 0) is 26.2 Å². The van der Waals surface area contributed by atoms with Gasteiger partial charge in [-0.1, -0.05) is 0 Å². The van der Waals surface area contributed by atoms with Gasteiger partial charge < -0.3 is 5.32 Å². The Kier molecular flexibility index (Phi) is 2.88. The van der Waals surface area contributed by atoms with E-state index in [2.05, 4.69) is 27.2 Å². The van der Waals surface area contributed by atoms with Gasteiger partial charge in [0.05, 0.1) is 6.54 Å². The summed E-state index contributed by atoms with van der Waals surface area (Å²) in [5, 5.41) is 7.86. The summed E-state index contributed by atoms with van der Waals surface area (Å²) in [6.45, 7) is 4.33. The molecule has 0 bridgehead atoms. The summed E-state index contributed by atoms with van der Waals surface area (Å²) in [4.78, 5) is 6.89. The number of aromatic nitrogens is 3. The van der Waals surface area contributed by atoms with E-state index in [1.54, 1.807) is 11.0 Å². The number of likely N-dealkylation sites (tertiary alicyclic amines) is 1. The van der Waals surface area contributed by atoms with Crippen LogP contribution < -0.4 is 5.32 Å². The second-order valence-corrected chi connectivity index (χ2v) is 5.42. The SMILES string of the molecule is CC1CC(NCc2ncn(C)n2)CN1C1CC1. The maximum absolute atomic E-state index is 4.29. The molecular formula is C12H21N5. The van der Waals surface area contributed by atoms with Gasteiger partial charge in [-0.25, -0.2) is 4.98 Å². The van der Waals surface area contributed by atoms with Crippen molar-refractivity contribution in [2.45, 2.75) is 50.9 Å². The molecule has 2 atom stereocenters. The smallest absolute Gasteiger partial charge is 0.164 e. The van der Waals surface area contributed by atoms with Crippen molar-refractivity contribution in [3.05, 3.63) is 12.2 Å². The Balaban J connectivity index is 1.49. The minimum atomic E-state index is 0.606. The Hall–Kier alpha value is -0.940. The van der Waals surface area contributed by atoms with E-state index in [-0.39, 0.29) is 0 Å². The predicted molar refractivity (Wildman–Crippen MR) is 65.4 cm³/mol. The molecule has 1 aliphatic heterocycles. The molecule has 1 N–H and O–H groups in total. The average molecular weight is 235 g/mol. The van der Waals surface area contributed by atoms with Gasteiger partial charge >= 0.3 is 0 Å². The van der Waals surface area contributed by atoms with Crippen molar-refractivity contribution in [1.29, 1.82) is 0 Å². The highest BCUT2D eigenvalue weighted by atomic mass is 15.3. The van der Waals surface area contributed by atoms with Gasteiger partial charge in [0.15, 0.2) is 5.82 Å². The summed E-state index contributed by atoms with van der Waals surface area (Å²) in [7, 11) is 1.91. The Labute approximate surface area is 102 Å². The van der Waals surface area contributed by atoms with Crippen molar-refractivity contribution in [3.8, 4) is 0 Å². The molecule has 3 rings (SSSR count). The van der Waals surface area contributed by atoms with Crippen LogP contribution in [0, 0.1) is 0 Å². The number of rotatable bonds is 4. The minimum absolute atomic E-state index is 0.606. The van der Waals surface area contributed by atoms with Crippen molar-refractivity contribution >= 4 is 0 Å². The highest BCUT2D eigenvalue weighted by Crippen LogP contribution is 2.33. The lowest BCUT2D eigenvalue weighted by molar-refractivity contribution is 0.255. The Morgan fingerprint density at radius 3 is 2.94 bits per heavy atom. The second kappa shape index (κ2) is 4.38. The quantitative estimate of drug-likeness (QED) is 0.827. The minimum Gasteiger partial charge on any atom is -0.306 e. The maximum atomic E-state index is 4.29. The van der Waals surface area contributed by atoms with Gasteiger partial charge in [0.25, 0.3) is 0 Å². The third-order valence-electron chi connectivity index (χ3n) is 3.83. The van der Waals surface area contributed by atoms with Gasteiger partial charge in [-0.3, -0.25) is 9.58 Å². The van der Waals surface area contributed by atoms with Crippen LogP contribution >= 0.6 is 0 Å². The van der Waals surface area contributed by atoms with Crippen LogP contribution in [0.4, 0.5) is 0 Å². The number of nitrogens with one attached hydrogen (secondary N) is 1. The first-order valence-corrected chi connectivity index (χ1v) is 6.56. The summed E-state index contributed by atoms with van der Waals surface area (Å²) >= 11 is 0. The van der Waals surface area contributed by atoms with Crippen LogP contribution in [0.1, 0.15) is 32.0 Å². The van der Waals surface area contributed by atoms with E-state index in [4.69, 9.17) is 0 Å². The van der Waals surface area contributed by atoms with Crippen LogP contribution in [0.2, 0.25) is 0 Å². The zero-order valence-corrected chi connectivity index (χ0v) is 10.6. The first kappa shape index (κ1) is 11.2. The Bertz CT molecular complexity index is 384. The van der Waals surface area contributed by atoms with Crippen molar-refractivity contribution in [3.63, 3.8) is 0 Å². The molecule has 1 aromatic heterocycles. The fourth-order valence-electron chi connectivity index (χ4n) is 2.82. The second-order valence-electron chi connectivity index (χ2n) is 5.42. The van der Waals surface area contributed by atoms with E-state index in [1.165, 1.54) is 25.8 Å². The molecule has 0 spiro atoms. The molecule has 2 unspecified atom stereocenters. The first-order valence-electron chi connectivity index (χ1n) is 6.56. The van der Waals surface area contributed by atoms with E-state index in [0.29, 0.717) is 6.04 Å². The van der Waals surface area contributed by atoms with Crippen LogP contribution in [0.15, 0.2) is 6.33 Å². The van der Waals surface area contributed by atoms with Crippen LogP contribution in [0.5, 0.6) is 0 Å². The summed E-state index contributed by atoms with van der Waals surface area (Å²) in [5.74, 6) is 0.894. The number of hydrogen-bond acceptors (Lipinski definition) is 4. The topological polar surface area (TPSA) is 46.0 Å². The zero-order chi connectivity index (χ0) is 11.8. The van der Waals surface area contributed by atoms with Gasteiger partial charge in [-0.2, -0.15) is 5.10 Å². The summed E-state index contributed by atoms with van der Waals surface area (Å²) < 4.78 is 1.75. The first-order chi connectivity index (χ1) is 8.22. The highest BCUT2D eigenvalue weighted by Gasteiger charge is 2.38. The molecule has 1 saturated heterocycles. The van der Waals surface area contributed by atoms with Gasteiger partial charge in [0.1, 0.15) is 6.33 Å². The zero-order valence-electron chi connectivity index (χ0n) is 10.6.